The van der Waals surface area contributed by atoms with E-state index in [2.05, 4.69) is 38.5 Å². The molecule has 16 heavy (non-hydrogen) atoms. The number of hydrogen-bond donors (Lipinski definition) is 2. The third-order valence-electron chi connectivity index (χ3n) is 2.74. The van der Waals surface area contributed by atoms with E-state index in [1.165, 1.54) is 16.8 Å². The molecule has 90 valence electrons. The molecule has 1 unspecified atom stereocenters. The summed E-state index contributed by atoms with van der Waals surface area (Å²) in [5, 5.41) is 2.53. The van der Waals surface area contributed by atoms with Gasteiger partial charge in [0, 0.05) is 18.7 Å². The Morgan fingerprint density at radius 1 is 1.38 bits per heavy atom. The average molecular weight is 242 g/mol. The quantitative estimate of drug-likeness (QED) is 0.781. The smallest absolute Gasteiger partial charge is 0.265 e. The van der Waals surface area contributed by atoms with Gasteiger partial charge in [-0.05, 0) is 17.1 Å². The molecule has 5 heteroatoms. The maximum Gasteiger partial charge on any atom is 0.265 e. The van der Waals surface area contributed by atoms with Gasteiger partial charge in [0.15, 0.2) is 0 Å². The van der Waals surface area contributed by atoms with E-state index in [0.717, 1.165) is 0 Å². The number of aromatic amines is 1. The summed E-state index contributed by atoms with van der Waals surface area (Å²) in [6.45, 7) is 6.78. The second kappa shape index (κ2) is 4.91. The largest absolute Gasteiger partial charge is 0.268 e. The van der Waals surface area contributed by atoms with Crippen LogP contribution in [-0.4, -0.2) is 15.5 Å². The number of rotatable bonds is 3. The normalized spacial score (nSPS) is 13.8. The van der Waals surface area contributed by atoms with Gasteiger partial charge < -0.3 is 0 Å². The van der Waals surface area contributed by atoms with Crippen molar-refractivity contribution in [2.75, 3.05) is 5.75 Å². The van der Waals surface area contributed by atoms with Crippen molar-refractivity contribution >= 4 is 12.6 Å². The van der Waals surface area contributed by atoms with E-state index >= 15 is 0 Å². The molecule has 0 spiro atoms. The van der Waals surface area contributed by atoms with Crippen LogP contribution in [0.1, 0.15) is 20.8 Å². The van der Waals surface area contributed by atoms with Gasteiger partial charge in [0.25, 0.3) is 11.1 Å². The van der Waals surface area contributed by atoms with Crippen molar-refractivity contribution in [3.63, 3.8) is 0 Å². The molecule has 1 heterocycles. The maximum absolute atomic E-state index is 11.5. The second-order valence-electron chi connectivity index (χ2n) is 5.00. The maximum atomic E-state index is 11.5. The zero-order chi connectivity index (χ0) is 12.3. The second-order valence-corrected chi connectivity index (χ2v) is 5.37. The molecule has 0 aliphatic heterocycles. The first-order valence-corrected chi connectivity index (χ1v) is 5.89. The fourth-order valence-corrected chi connectivity index (χ4v) is 2.09. The molecule has 1 rings (SSSR count). The van der Waals surface area contributed by atoms with Gasteiger partial charge in [-0.15, -0.1) is 0 Å². The summed E-state index contributed by atoms with van der Waals surface area (Å²) in [5.41, 5.74) is -0.393. The lowest BCUT2D eigenvalue weighted by molar-refractivity contribution is 0.227. The Kier molecular flexibility index (Phi) is 4.02. The van der Waals surface area contributed by atoms with Crippen LogP contribution in [0.3, 0.4) is 0 Å². The average Bonchev–Trinajstić information content (AvgIpc) is 2.17. The van der Waals surface area contributed by atoms with Crippen LogP contribution < -0.4 is 11.1 Å². The van der Waals surface area contributed by atoms with Gasteiger partial charge in [-0.25, -0.2) is 4.68 Å². The van der Waals surface area contributed by atoms with Crippen LogP contribution in [0, 0.1) is 11.3 Å². The highest BCUT2D eigenvalue weighted by Gasteiger charge is 2.24. The highest BCUT2D eigenvalue weighted by molar-refractivity contribution is 7.80. The van der Waals surface area contributed by atoms with E-state index in [1.807, 2.05) is 0 Å². The Labute approximate surface area is 100 Å². The molecule has 1 atom stereocenters. The lowest BCUT2D eigenvalue weighted by Crippen LogP contribution is -2.35. The van der Waals surface area contributed by atoms with Crippen LogP contribution in [0.4, 0.5) is 0 Å². The first-order chi connectivity index (χ1) is 7.34. The molecular formula is C11H18N2O2S. The highest BCUT2D eigenvalue weighted by atomic mass is 32.1. The van der Waals surface area contributed by atoms with E-state index < -0.39 is 0 Å². The Morgan fingerprint density at radius 2 is 2.00 bits per heavy atom. The standard InChI is InChI=1S/C11H18N2O2S/c1-11(2,3)8(7-16)6-13-10(15)5-4-9(14)12-13/h4-5,8,16H,6-7H2,1-3H3,(H,12,14). The number of nitrogens with zero attached hydrogens (tertiary/aromatic N) is 1. The number of H-pyrrole nitrogens is 1. The summed E-state index contributed by atoms with van der Waals surface area (Å²) in [6, 6.07) is 2.53. The summed E-state index contributed by atoms with van der Waals surface area (Å²) < 4.78 is 1.36. The van der Waals surface area contributed by atoms with Crippen molar-refractivity contribution in [2.45, 2.75) is 27.3 Å². The van der Waals surface area contributed by atoms with Crippen LogP contribution in [0.5, 0.6) is 0 Å². The fraction of sp³-hybridized carbons (Fsp3) is 0.636. The SMILES string of the molecule is CC(C)(C)C(CS)Cn1[nH]c(=O)ccc1=O. The van der Waals surface area contributed by atoms with Crippen molar-refractivity contribution in [2.24, 2.45) is 11.3 Å². The van der Waals surface area contributed by atoms with Crippen LogP contribution in [-0.2, 0) is 6.54 Å². The Morgan fingerprint density at radius 3 is 2.50 bits per heavy atom. The summed E-state index contributed by atoms with van der Waals surface area (Å²) in [6.07, 6.45) is 0. The topological polar surface area (TPSA) is 54.9 Å². The molecule has 0 saturated heterocycles. The molecule has 0 saturated carbocycles. The number of hydrogen-bond acceptors (Lipinski definition) is 3. The molecule has 0 aliphatic carbocycles. The molecule has 4 nitrogen and oxygen atoms in total. The van der Waals surface area contributed by atoms with Gasteiger partial charge in [-0.2, -0.15) is 12.6 Å². The molecule has 1 aromatic rings. The first-order valence-electron chi connectivity index (χ1n) is 5.25. The lowest BCUT2D eigenvalue weighted by Gasteiger charge is -2.29. The van der Waals surface area contributed by atoms with Crippen molar-refractivity contribution in [1.29, 1.82) is 0 Å². The minimum atomic E-state index is -0.258. The van der Waals surface area contributed by atoms with E-state index in [1.54, 1.807) is 0 Å². The van der Waals surface area contributed by atoms with Crippen molar-refractivity contribution < 1.29 is 0 Å². The molecule has 0 fully saturated rings. The summed E-state index contributed by atoms with van der Waals surface area (Å²) in [4.78, 5) is 22.6. The molecule has 1 N–H and O–H groups in total. The summed E-state index contributed by atoms with van der Waals surface area (Å²) >= 11 is 4.29. The minimum absolute atomic E-state index is 0.0495. The van der Waals surface area contributed by atoms with Crippen molar-refractivity contribution in [3.05, 3.63) is 32.8 Å². The Hall–Kier alpha value is -0.970. The van der Waals surface area contributed by atoms with E-state index in [0.29, 0.717) is 12.3 Å². The summed E-state index contributed by atoms with van der Waals surface area (Å²) in [7, 11) is 0. The molecular weight excluding hydrogens is 224 g/mol. The number of aromatic nitrogens is 2. The predicted molar refractivity (Wildman–Crippen MR) is 68.1 cm³/mol. The van der Waals surface area contributed by atoms with Crippen LogP contribution in [0.25, 0.3) is 0 Å². The van der Waals surface area contributed by atoms with E-state index in [-0.39, 0.29) is 22.5 Å². The zero-order valence-electron chi connectivity index (χ0n) is 9.86. The predicted octanol–water partition coefficient (Wildman–Crippen LogP) is 1.13. The van der Waals surface area contributed by atoms with Crippen molar-refractivity contribution in [3.8, 4) is 0 Å². The lowest BCUT2D eigenvalue weighted by atomic mass is 9.82. The van der Waals surface area contributed by atoms with E-state index in [4.69, 9.17) is 0 Å². The van der Waals surface area contributed by atoms with Gasteiger partial charge in [0.1, 0.15) is 0 Å². The third kappa shape index (κ3) is 3.27. The Bertz CT molecular complexity index is 456. The minimum Gasteiger partial charge on any atom is -0.268 e. The zero-order valence-corrected chi connectivity index (χ0v) is 10.8. The van der Waals surface area contributed by atoms with Crippen LogP contribution in [0.2, 0.25) is 0 Å². The molecule has 1 aromatic heterocycles. The molecule has 0 amide bonds. The van der Waals surface area contributed by atoms with Gasteiger partial charge in [0.05, 0.1) is 0 Å². The third-order valence-corrected chi connectivity index (χ3v) is 3.18. The molecule has 0 bridgehead atoms. The van der Waals surface area contributed by atoms with Crippen LogP contribution >= 0.6 is 12.6 Å². The number of nitrogens with one attached hydrogen (secondary N) is 1. The Balaban J connectivity index is 2.99. The molecule has 0 aliphatic rings. The highest BCUT2D eigenvalue weighted by Crippen LogP contribution is 2.27. The molecule has 0 radical (unpaired) electrons. The fourth-order valence-electron chi connectivity index (χ4n) is 1.42. The monoisotopic (exact) mass is 242 g/mol. The summed E-state index contributed by atoms with van der Waals surface area (Å²) in [5.74, 6) is 0.902. The van der Waals surface area contributed by atoms with Gasteiger partial charge in [-0.3, -0.25) is 14.7 Å². The first kappa shape index (κ1) is 13.1. The number of thiol groups is 1. The van der Waals surface area contributed by atoms with Crippen LogP contribution in [0.15, 0.2) is 21.7 Å². The van der Waals surface area contributed by atoms with Gasteiger partial charge in [0.2, 0.25) is 0 Å². The van der Waals surface area contributed by atoms with Gasteiger partial charge in [-0.1, -0.05) is 20.8 Å². The van der Waals surface area contributed by atoms with Crippen molar-refractivity contribution in [1.82, 2.24) is 9.78 Å². The molecule has 0 aromatic carbocycles. The van der Waals surface area contributed by atoms with E-state index in [9.17, 15) is 9.59 Å². The van der Waals surface area contributed by atoms with Gasteiger partial charge >= 0.3 is 0 Å².